The van der Waals surface area contributed by atoms with Crippen molar-refractivity contribution in [3.8, 4) is 11.5 Å². The Balaban J connectivity index is 1.77. The molecule has 0 saturated carbocycles. The highest BCUT2D eigenvalue weighted by atomic mass is 35.5. The maximum atomic E-state index is 11.9. The first-order valence-electron chi connectivity index (χ1n) is 7.42. The monoisotopic (exact) mass is 365 g/mol. The molecule has 6 heteroatoms. The predicted octanol–water partition coefficient (Wildman–Crippen LogP) is 3.91. The van der Waals surface area contributed by atoms with Crippen molar-refractivity contribution in [2.24, 2.45) is 0 Å². The number of methoxy groups -OCH3 is 2. The summed E-state index contributed by atoms with van der Waals surface area (Å²) >= 11 is 7.50. The van der Waals surface area contributed by atoms with Crippen LogP contribution in [0.3, 0.4) is 0 Å². The van der Waals surface area contributed by atoms with Crippen LogP contribution < -0.4 is 14.8 Å². The van der Waals surface area contributed by atoms with E-state index in [1.54, 1.807) is 26.0 Å². The number of amides is 1. The van der Waals surface area contributed by atoms with Crippen LogP contribution in [0, 0.1) is 0 Å². The van der Waals surface area contributed by atoms with Gasteiger partial charge in [0.2, 0.25) is 5.91 Å². The van der Waals surface area contributed by atoms with Gasteiger partial charge in [0.15, 0.2) is 11.5 Å². The Morgan fingerprint density at radius 2 is 1.88 bits per heavy atom. The van der Waals surface area contributed by atoms with Crippen molar-refractivity contribution in [1.82, 2.24) is 5.32 Å². The Bertz CT molecular complexity index is 694. The number of benzene rings is 2. The van der Waals surface area contributed by atoms with Crippen LogP contribution in [0.15, 0.2) is 42.5 Å². The van der Waals surface area contributed by atoms with Gasteiger partial charge < -0.3 is 14.8 Å². The second kappa shape index (κ2) is 9.45. The number of rotatable bonds is 8. The zero-order chi connectivity index (χ0) is 17.4. The maximum absolute atomic E-state index is 11.9. The lowest BCUT2D eigenvalue weighted by molar-refractivity contribution is -0.118. The molecule has 2 rings (SSSR count). The first kappa shape index (κ1) is 18.5. The molecule has 0 saturated heterocycles. The van der Waals surface area contributed by atoms with Gasteiger partial charge in [0.05, 0.1) is 20.0 Å². The van der Waals surface area contributed by atoms with E-state index in [-0.39, 0.29) is 5.91 Å². The fourth-order valence-electron chi connectivity index (χ4n) is 2.13. The molecule has 1 amide bonds. The molecule has 0 aromatic heterocycles. The summed E-state index contributed by atoms with van der Waals surface area (Å²) in [5.74, 6) is 2.48. The molecular formula is C18H20ClNO3S. The lowest BCUT2D eigenvalue weighted by atomic mass is 10.2. The van der Waals surface area contributed by atoms with Crippen molar-refractivity contribution >= 4 is 29.3 Å². The van der Waals surface area contributed by atoms with Gasteiger partial charge >= 0.3 is 0 Å². The van der Waals surface area contributed by atoms with Gasteiger partial charge in [-0.25, -0.2) is 0 Å². The normalized spacial score (nSPS) is 10.3. The number of halogens is 1. The molecular weight excluding hydrogens is 346 g/mol. The Hall–Kier alpha value is -1.85. The van der Waals surface area contributed by atoms with Gasteiger partial charge in [0, 0.05) is 17.3 Å². The number of thioether (sulfide) groups is 1. The van der Waals surface area contributed by atoms with Gasteiger partial charge in [-0.15, -0.1) is 11.8 Å². The van der Waals surface area contributed by atoms with Crippen LogP contribution in [-0.4, -0.2) is 25.9 Å². The number of hydrogen-bond acceptors (Lipinski definition) is 4. The molecule has 0 bridgehead atoms. The first-order chi connectivity index (χ1) is 11.6. The summed E-state index contributed by atoms with van der Waals surface area (Å²) in [5, 5.41) is 3.62. The molecule has 0 unspecified atom stereocenters. The van der Waals surface area contributed by atoms with Crippen molar-refractivity contribution in [3.63, 3.8) is 0 Å². The average molecular weight is 366 g/mol. The van der Waals surface area contributed by atoms with E-state index in [1.165, 1.54) is 0 Å². The van der Waals surface area contributed by atoms with Gasteiger partial charge in [0.25, 0.3) is 0 Å². The third kappa shape index (κ3) is 5.65. The number of carbonyl (C=O) groups is 1. The second-order valence-corrected chi connectivity index (χ2v) is 6.51. The van der Waals surface area contributed by atoms with Gasteiger partial charge in [-0.3, -0.25) is 4.79 Å². The molecule has 0 radical (unpaired) electrons. The van der Waals surface area contributed by atoms with Gasteiger partial charge in [-0.1, -0.05) is 29.8 Å². The highest BCUT2D eigenvalue weighted by Gasteiger charge is 2.06. The minimum atomic E-state index is -0.00295. The van der Waals surface area contributed by atoms with Crippen molar-refractivity contribution < 1.29 is 14.3 Å². The van der Waals surface area contributed by atoms with Crippen LogP contribution in [-0.2, 0) is 17.1 Å². The zero-order valence-electron chi connectivity index (χ0n) is 13.7. The highest BCUT2D eigenvalue weighted by Crippen LogP contribution is 2.27. The summed E-state index contributed by atoms with van der Waals surface area (Å²) in [6, 6.07) is 13.3. The van der Waals surface area contributed by atoms with E-state index >= 15 is 0 Å². The van der Waals surface area contributed by atoms with Gasteiger partial charge in [0.1, 0.15) is 0 Å². The van der Waals surface area contributed by atoms with E-state index in [9.17, 15) is 4.79 Å². The molecule has 4 nitrogen and oxygen atoms in total. The largest absolute Gasteiger partial charge is 0.493 e. The number of ether oxygens (including phenoxy) is 2. The molecule has 0 fully saturated rings. The van der Waals surface area contributed by atoms with E-state index in [4.69, 9.17) is 21.1 Å². The fourth-order valence-corrected chi connectivity index (χ4v) is 3.15. The third-order valence-corrected chi connectivity index (χ3v) is 4.57. The molecule has 0 aliphatic carbocycles. The van der Waals surface area contributed by atoms with E-state index in [2.05, 4.69) is 5.32 Å². The second-order valence-electron chi connectivity index (χ2n) is 5.09. The van der Waals surface area contributed by atoms with E-state index < -0.39 is 0 Å². The molecule has 0 heterocycles. The van der Waals surface area contributed by atoms with Crippen molar-refractivity contribution in [3.05, 3.63) is 58.6 Å². The topological polar surface area (TPSA) is 47.6 Å². The molecule has 0 aliphatic heterocycles. The zero-order valence-corrected chi connectivity index (χ0v) is 15.2. The van der Waals surface area contributed by atoms with E-state index in [1.807, 2.05) is 42.5 Å². The van der Waals surface area contributed by atoms with Crippen LogP contribution in [0.2, 0.25) is 5.02 Å². The van der Waals surface area contributed by atoms with Crippen LogP contribution >= 0.6 is 23.4 Å². The van der Waals surface area contributed by atoms with E-state index in [0.29, 0.717) is 28.8 Å². The van der Waals surface area contributed by atoms with Crippen molar-refractivity contribution in [2.75, 3.05) is 20.0 Å². The molecule has 128 valence electrons. The van der Waals surface area contributed by atoms with Crippen LogP contribution in [0.5, 0.6) is 11.5 Å². The Kier molecular flexibility index (Phi) is 7.28. The summed E-state index contributed by atoms with van der Waals surface area (Å²) < 4.78 is 10.4. The summed E-state index contributed by atoms with van der Waals surface area (Å²) in [4.78, 5) is 11.9. The minimum absolute atomic E-state index is 0.00295. The first-order valence-corrected chi connectivity index (χ1v) is 8.95. The molecule has 0 spiro atoms. The number of hydrogen-bond donors (Lipinski definition) is 1. The molecule has 2 aromatic rings. The van der Waals surface area contributed by atoms with Gasteiger partial charge in [-0.2, -0.15) is 0 Å². The predicted molar refractivity (Wildman–Crippen MR) is 99.0 cm³/mol. The lowest BCUT2D eigenvalue weighted by Crippen LogP contribution is -2.24. The summed E-state index contributed by atoms with van der Waals surface area (Å²) in [6.07, 6.45) is 0. The van der Waals surface area contributed by atoms with Gasteiger partial charge in [-0.05, 0) is 35.4 Å². The van der Waals surface area contributed by atoms with Crippen molar-refractivity contribution in [1.29, 1.82) is 0 Å². The molecule has 0 aliphatic rings. The molecule has 1 N–H and O–H groups in total. The maximum Gasteiger partial charge on any atom is 0.230 e. The Morgan fingerprint density at radius 1 is 1.08 bits per heavy atom. The SMILES string of the molecule is COc1ccc(CNC(=O)CSCc2cccc(Cl)c2)cc1OC. The highest BCUT2D eigenvalue weighted by molar-refractivity contribution is 7.99. The van der Waals surface area contributed by atoms with Crippen molar-refractivity contribution in [2.45, 2.75) is 12.3 Å². The smallest absolute Gasteiger partial charge is 0.230 e. The van der Waals surface area contributed by atoms with Crippen LogP contribution in [0.25, 0.3) is 0 Å². The Morgan fingerprint density at radius 3 is 2.58 bits per heavy atom. The third-order valence-electron chi connectivity index (χ3n) is 3.33. The summed E-state index contributed by atoms with van der Waals surface area (Å²) in [5.41, 5.74) is 2.07. The standard InChI is InChI=1S/C18H20ClNO3S/c1-22-16-7-6-13(9-17(16)23-2)10-20-18(21)12-24-11-14-4-3-5-15(19)8-14/h3-9H,10-12H2,1-2H3,(H,20,21). The quantitative estimate of drug-likeness (QED) is 0.770. The molecule has 0 atom stereocenters. The minimum Gasteiger partial charge on any atom is -0.493 e. The Labute approximate surface area is 151 Å². The number of carbonyl (C=O) groups excluding carboxylic acids is 1. The fraction of sp³-hybridized carbons (Fsp3) is 0.278. The summed E-state index contributed by atoms with van der Waals surface area (Å²) in [7, 11) is 3.18. The van der Waals surface area contributed by atoms with E-state index in [0.717, 1.165) is 16.9 Å². The van der Waals surface area contributed by atoms with Crippen LogP contribution in [0.1, 0.15) is 11.1 Å². The summed E-state index contributed by atoms with van der Waals surface area (Å²) in [6.45, 7) is 0.455. The number of nitrogens with one attached hydrogen (secondary N) is 1. The molecule has 24 heavy (non-hydrogen) atoms. The molecule has 2 aromatic carbocycles. The average Bonchev–Trinajstić information content (AvgIpc) is 2.59. The lowest BCUT2D eigenvalue weighted by Gasteiger charge is -2.10. The van der Waals surface area contributed by atoms with Crippen LogP contribution in [0.4, 0.5) is 0 Å².